The van der Waals surface area contributed by atoms with Crippen molar-refractivity contribution in [2.75, 3.05) is 12.4 Å². The van der Waals surface area contributed by atoms with Gasteiger partial charge in [-0.05, 0) is 50.2 Å². The van der Waals surface area contributed by atoms with E-state index in [4.69, 9.17) is 14.0 Å². The van der Waals surface area contributed by atoms with Crippen molar-refractivity contribution in [3.63, 3.8) is 0 Å². The average Bonchev–Trinajstić information content (AvgIpc) is 3.30. The third kappa shape index (κ3) is 4.78. The van der Waals surface area contributed by atoms with E-state index in [1.165, 1.54) is 0 Å². The zero-order valence-corrected chi connectivity index (χ0v) is 18.0. The molecule has 1 heterocycles. The van der Waals surface area contributed by atoms with E-state index in [1.54, 1.807) is 38.3 Å². The molecule has 7 heteroatoms. The Bertz CT molecular complexity index is 1200. The van der Waals surface area contributed by atoms with Crippen LogP contribution in [0.4, 0.5) is 5.69 Å². The van der Waals surface area contributed by atoms with Crippen molar-refractivity contribution in [2.24, 2.45) is 0 Å². The maximum Gasteiger partial charge on any atom is 0.265 e. The molecule has 1 N–H and O–H groups in total. The lowest BCUT2D eigenvalue weighted by atomic mass is 10.1. The van der Waals surface area contributed by atoms with E-state index in [0.717, 1.165) is 16.7 Å². The van der Waals surface area contributed by atoms with Crippen LogP contribution in [0.1, 0.15) is 12.5 Å². The number of benzene rings is 3. The summed E-state index contributed by atoms with van der Waals surface area (Å²) in [4.78, 5) is 17.0. The van der Waals surface area contributed by atoms with Gasteiger partial charge in [-0.2, -0.15) is 4.98 Å². The average molecular weight is 429 g/mol. The fourth-order valence-electron chi connectivity index (χ4n) is 3.06. The summed E-state index contributed by atoms with van der Waals surface area (Å²) in [6.07, 6.45) is -0.709. The number of rotatable bonds is 7. The van der Waals surface area contributed by atoms with Gasteiger partial charge in [0.25, 0.3) is 11.8 Å². The molecule has 162 valence electrons. The molecule has 0 unspecified atom stereocenters. The van der Waals surface area contributed by atoms with Gasteiger partial charge in [-0.25, -0.2) is 0 Å². The monoisotopic (exact) mass is 429 g/mol. The second kappa shape index (κ2) is 9.34. The fourth-order valence-corrected chi connectivity index (χ4v) is 3.06. The Morgan fingerprint density at radius 2 is 1.59 bits per heavy atom. The summed E-state index contributed by atoms with van der Waals surface area (Å²) >= 11 is 0. The molecule has 32 heavy (non-hydrogen) atoms. The number of methoxy groups -OCH3 is 1. The quantitative estimate of drug-likeness (QED) is 0.438. The summed E-state index contributed by atoms with van der Waals surface area (Å²) in [6, 6.07) is 22.3. The third-order valence-corrected chi connectivity index (χ3v) is 4.88. The number of amides is 1. The van der Waals surface area contributed by atoms with E-state index < -0.39 is 6.10 Å². The maximum absolute atomic E-state index is 12.5. The number of aromatic nitrogens is 2. The zero-order valence-electron chi connectivity index (χ0n) is 18.0. The topological polar surface area (TPSA) is 86.5 Å². The van der Waals surface area contributed by atoms with Gasteiger partial charge >= 0.3 is 0 Å². The van der Waals surface area contributed by atoms with E-state index in [0.29, 0.717) is 28.9 Å². The van der Waals surface area contributed by atoms with Crippen LogP contribution in [-0.4, -0.2) is 29.3 Å². The number of carbonyl (C=O) groups is 1. The molecule has 0 bridgehead atoms. The molecular formula is C25H23N3O4. The van der Waals surface area contributed by atoms with Crippen LogP contribution in [-0.2, 0) is 4.79 Å². The third-order valence-electron chi connectivity index (χ3n) is 4.88. The van der Waals surface area contributed by atoms with Crippen LogP contribution >= 0.6 is 0 Å². The van der Waals surface area contributed by atoms with Crippen LogP contribution < -0.4 is 14.8 Å². The van der Waals surface area contributed by atoms with Crippen molar-refractivity contribution in [3.8, 4) is 34.3 Å². The van der Waals surface area contributed by atoms with E-state index in [1.807, 2.05) is 55.5 Å². The highest BCUT2D eigenvalue weighted by molar-refractivity contribution is 5.94. The molecule has 0 aliphatic heterocycles. The van der Waals surface area contributed by atoms with Crippen molar-refractivity contribution < 1.29 is 18.8 Å². The second-order valence-electron chi connectivity index (χ2n) is 7.27. The van der Waals surface area contributed by atoms with E-state index >= 15 is 0 Å². The summed E-state index contributed by atoms with van der Waals surface area (Å²) in [5.41, 5.74) is 3.44. The highest BCUT2D eigenvalue weighted by atomic mass is 16.5. The summed E-state index contributed by atoms with van der Waals surface area (Å²) < 4.78 is 16.4. The number of aryl methyl sites for hydroxylation is 1. The normalized spacial score (nSPS) is 11.6. The lowest BCUT2D eigenvalue weighted by Crippen LogP contribution is -2.30. The lowest BCUT2D eigenvalue weighted by molar-refractivity contribution is -0.122. The zero-order chi connectivity index (χ0) is 22.5. The summed E-state index contributed by atoms with van der Waals surface area (Å²) in [6.45, 7) is 3.71. The van der Waals surface area contributed by atoms with Crippen molar-refractivity contribution in [2.45, 2.75) is 20.0 Å². The van der Waals surface area contributed by atoms with E-state index in [9.17, 15) is 4.79 Å². The Morgan fingerprint density at radius 1 is 0.938 bits per heavy atom. The molecule has 3 aromatic carbocycles. The molecule has 0 fully saturated rings. The molecule has 0 aliphatic carbocycles. The molecule has 0 spiro atoms. The number of carbonyl (C=O) groups excluding carboxylic acids is 1. The van der Waals surface area contributed by atoms with Crippen LogP contribution in [0.25, 0.3) is 22.8 Å². The number of anilines is 1. The Hall–Kier alpha value is -4.13. The lowest BCUT2D eigenvalue weighted by Gasteiger charge is -2.16. The smallest absolute Gasteiger partial charge is 0.265 e. The maximum atomic E-state index is 12.5. The van der Waals surface area contributed by atoms with Gasteiger partial charge in [-0.1, -0.05) is 47.1 Å². The first-order chi connectivity index (χ1) is 15.5. The molecular weight excluding hydrogens is 406 g/mol. The fraction of sp³-hybridized carbons (Fsp3) is 0.160. The van der Waals surface area contributed by atoms with E-state index in [-0.39, 0.29) is 5.91 Å². The molecule has 0 saturated carbocycles. The largest absolute Gasteiger partial charge is 0.493 e. The number of nitrogens with one attached hydrogen (secondary N) is 1. The van der Waals surface area contributed by atoms with Gasteiger partial charge in [0.05, 0.1) is 7.11 Å². The molecule has 0 saturated heterocycles. The second-order valence-corrected chi connectivity index (χ2v) is 7.27. The first-order valence-electron chi connectivity index (χ1n) is 10.1. The molecule has 1 atom stereocenters. The van der Waals surface area contributed by atoms with Gasteiger partial charge < -0.3 is 19.3 Å². The minimum atomic E-state index is -0.709. The van der Waals surface area contributed by atoms with Crippen LogP contribution in [0.2, 0.25) is 0 Å². The highest BCUT2D eigenvalue weighted by Crippen LogP contribution is 2.27. The van der Waals surface area contributed by atoms with Crippen LogP contribution in [0.15, 0.2) is 77.3 Å². The van der Waals surface area contributed by atoms with Crippen molar-refractivity contribution in [1.29, 1.82) is 0 Å². The van der Waals surface area contributed by atoms with Gasteiger partial charge in [-0.3, -0.25) is 4.79 Å². The highest BCUT2D eigenvalue weighted by Gasteiger charge is 2.17. The first-order valence-corrected chi connectivity index (χ1v) is 10.1. The number of hydrogen-bond acceptors (Lipinski definition) is 6. The Kier molecular flexibility index (Phi) is 6.17. The Morgan fingerprint density at radius 3 is 2.28 bits per heavy atom. The van der Waals surface area contributed by atoms with Gasteiger partial charge in [-0.15, -0.1) is 0 Å². The van der Waals surface area contributed by atoms with Crippen LogP contribution in [0, 0.1) is 6.92 Å². The predicted octanol–water partition coefficient (Wildman–Crippen LogP) is 5.13. The van der Waals surface area contributed by atoms with Gasteiger partial charge in [0.15, 0.2) is 17.6 Å². The van der Waals surface area contributed by atoms with Gasteiger partial charge in [0, 0.05) is 16.8 Å². The van der Waals surface area contributed by atoms with Gasteiger partial charge in [0.2, 0.25) is 5.82 Å². The standard InChI is InChI=1S/C25H23N3O4/c1-16-8-10-18(11-9-16)23-27-25(32-28-23)19-12-14-20(15-13-19)26-24(29)17(2)31-22-7-5-4-6-21(22)30-3/h4-15,17H,1-3H3,(H,26,29)/t17-/m1/s1. The minimum Gasteiger partial charge on any atom is -0.493 e. The molecule has 0 aliphatic rings. The van der Waals surface area contributed by atoms with Gasteiger partial charge in [0.1, 0.15) is 0 Å². The van der Waals surface area contributed by atoms with Crippen molar-refractivity contribution in [3.05, 3.63) is 78.4 Å². The molecule has 0 radical (unpaired) electrons. The summed E-state index contributed by atoms with van der Waals surface area (Å²) in [7, 11) is 1.56. The summed E-state index contributed by atoms with van der Waals surface area (Å²) in [5, 5.41) is 6.90. The minimum absolute atomic E-state index is 0.275. The first kappa shape index (κ1) is 21.1. The number of hydrogen-bond donors (Lipinski definition) is 1. The Balaban J connectivity index is 1.40. The number of nitrogens with zero attached hydrogens (tertiary/aromatic N) is 2. The summed E-state index contributed by atoms with van der Waals surface area (Å²) in [5.74, 6) is 1.74. The number of ether oxygens (including phenoxy) is 2. The predicted molar refractivity (Wildman–Crippen MR) is 122 cm³/mol. The molecule has 1 aromatic heterocycles. The molecule has 1 amide bonds. The van der Waals surface area contributed by atoms with Crippen molar-refractivity contribution in [1.82, 2.24) is 10.1 Å². The SMILES string of the molecule is COc1ccccc1O[C@H](C)C(=O)Nc1ccc(-c2nc(-c3ccc(C)cc3)no2)cc1. The molecule has 7 nitrogen and oxygen atoms in total. The molecule has 4 aromatic rings. The van der Waals surface area contributed by atoms with E-state index in [2.05, 4.69) is 15.5 Å². The number of para-hydroxylation sites is 2. The van der Waals surface area contributed by atoms with Crippen LogP contribution in [0.3, 0.4) is 0 Å². The Labute approximate surface area is 186 Å². The van der Waals surface area contributed by atoms with Crippen molar-refractivity contribution >= 4 is 11.6 Å². The van der Waals surface area contributed by atoms with Crippen LogP contribution in [0.5, 0.6) is 11.5 Å². The molecule has 4 rings (SSSR count).